The minimum absolute atomic E-state index is 0.610. The first-order valence-electron chi connectivity index (χ1n) is 5.00. The fourth-order valence-corrected chi connectivity index (χ4v) is 1.67. The van der Waals surface area contributed by atoms with Crippen LogP contribution in [0, 0.1) is 0 Å². The van der Waals surface area contributed by atoms with Gasteiger partial charge in [0.25, 0.3) is 6.10 Å². The van der Waals surface area contributed by atoms with Crippen molar-refractivity contribution < 1.29 is 39.7 Å². The van der Waals surface area contributed by atoms with Gasteiger partial charge in [-0.05, 0) is 12.1 Å². The zero-order valence-corrected chi connectivity index (χ0v) is 10.7. The average molecular weight is 318 g/mol. The lowest BCUT2D eigenvalue weighted by molar-refractivity contribution is -0.239. The highest BCUT2D eigenvalue weighted by Crippen LogP contribution is 2.38. The predicted molar refractivity (Wildman–Crippen MR) is 61.6 cm³/mol. The van der Waals surface area contributed by atoms with Gasteiger partial charge in [0, 0.05) is 0 Å². The van der Waals surface area contributed by atoms with E-state index in [4.69, 9.17) is 4.55 Å². The van der Waals surface area contributed by atoms with Gasteiger partial charge in [0.2, 0.25) is 0 Å². The molecule has 0 saturated carbocycles. The lowest BCUT2D eigenvalue weighted by Gasteiger charge is -2.26. The van der Waals surface area contributed by atoms with E-state index in [1.54, 1.807) is 7.85 Å². The fourth-order valence-electron chi connectivity index (χ4n) is 1.21. The van der Waals surface area contributed by atoms with E-state index in [9.17, 15) is 30.4 Å². The van der Waals surface area contributed by atoms with Crippen molar-refractivity contribution in [2.75, 3.05) is 0 Å². The molecule has 1 N–H and O–H groups in total. The summed E-state index contributed by atoms with van der Waals surface area (Å²) in [5, 5.41) is -5.53. The van der Waals surface area contributed by atoms with Crippen molar-refractivity contribution in [3.05, 3.63) is 24.3 Å². The Labute approximate surface area is 111 Å². The van der Waals surface area contributed by atoms with E-state index in [0.29, 0.717) is 5.46 Å². The van der Waals surface area contributed by atoms with Gasteiger partial charge in [0.15, 0.2) is 0 Å². The molecule has 1 rings (SSSR count). The molecule has 112 valence electrons. The molecule has 0 aliphatic carbocycles. The van der Waals surface area contributed by atoms with Gasteiger partial charge < -0.3 is 4.74 Å². The Morgan fingerprint density at radius 2 is 1.55 bits per heavy atom. The Hall–Kier alpha value is -1.36. The molecule has 0 aromatic heterocycles. The lowest BCUT2D eigenvalue weighted by atomic mass is 9.97. The molecule has 11 heteroatoms. The van der Waals surface area contributed by atoms with Crippen LogP contribution < -0.4 is 10.2 Å². The Bertz CT molecular complexity index is 569. The maximum atomic E-state index is 13.2. The molecule has 0 aliphatic rings. The molecule has 0 radical (unpaired) electrons. The molecule has 0 amide bonds. The normalized spacial score (nSPS) is 14.9. The summed E-state index contributed by atoms with van der Waals surface area (Å²) in [6, 6.07) is 4.50. The molecule has 0 bridgehead atoms. The zero-order valence-electron chi connectivity index (χ0n) is 9.86. The molecule has 1 aromatic carbocycles. The monoisotopic (exact) mass is 318 g/mol. The maximum Gasteiger partial charge on any atom is 0.432 e. The van der Waals surface area contributed by atoms with Crippen LogP contribution in [0.15, 0.2) is 24.3 Å². The van der Waals surface area contributed by atoms with E-state index in [0.717, 1.165) is 12.1 Å². The quantitative estimate of drug-likeness (QED) is 0.505. The Morgan fingerprint density at radius 1 is 1.10 bits per heavy atom. The van der Waals surface area contributed by atoms with Crippen molar-refractivity contribution in [3.63, 3.8) is 0 Å². The van der Waals surface area contributed by atoms with Crippen LogP contribution in [-0.4, -0.2) is 38.4 Å². The standard InChI is InChI=1S/C9H8BF5O4S/c10-5-1-3-6(4-2-5)19-7(8(11,12)13)9(14,15)20(16,17)18/h1-4,7H,10H2,(H,16,17,18). The van der Waals surface area contributed by atoms with Crippen LogP contribution in [0.4, 0.5) is 22.0 Å². The summed E-state index contributed by atoms with van der Waals surface area (Å²) in [4.78, 5) is 0. The van der Waals surface area contributed by atoms with E-state index < -0.39 is 33.4 Å². The zero-order chi connectivity index (χ0) is 15.8. The topological polar surface area (TPSA) is 63.6 Å². The summed E-state index contributed by atoms with van der Waals surface area (Å²) in [7, 11) is -4.70. The third-order valence-electron chi connectivity index (χ3n) is 2.22. The minimum atomic E-state index is -6.29. The second-order valence-corrected chi connectivity index (χ2v) is 5.38. The number of ether oxygens (including phenoxy) is 1. The third kappa shape index (κ3) is 3.60. The molecule has 1 unspecified atom stereocenters. The third-order valence-corrected chi connectivity index (χ3v) is 3.12. The molecule has 1 aromatic rings. The largest absolute Gasteiger partial charge is 0.473 e. The van der Waals surface area contributed by atoms with E-state index >= 15 is 0 Å². The van der Waals surface area contributed by atoms with E-state index in [1.807, 2.05) is 0 Å². The fraction of sp³-hybridized carbons (Fsp3) is 0.333. The molecule has 1 atom stereocenters. The number of benzene rings is 1. The Morgan fingerprint density at radius 3 is 1.90 bits per heavy atom. The van der Waals surface area contributed by atoms with Crippen molar-refractivity contribution in [2.24, 2.45) is 0 Å². The lowest BCUT2D eigenvalue weighted by Crippen LogP contribution is -2.53. The van der Waals surface area contributed by atoms with Crippen molar-refractivity contribution in [2.45, 2.75) is 17.5 Å². The number of hydrogen-bond acceptors (Lipinski definition) is 3. The van der Waals surface area contributed by atoms with Crippen molar-refractivity contribution in [1.29, 1.82) is 0 Å². The summed E-state index contributed by atoms with van der Waals surface area (Å²) in [5.74, 6) is -0.610. The Balaban J connectivity index is 3.19. The van der Waals surface area contributed by atoms with Gasteiger partial charge in [0.05, 0.1) is 0 Å². The number of hydrogen-bond donors (Lipinski definition) is 1. The summed E-state index contributed by atoms with van der Waals surface area (Å²) in [5.41, 5.74) is 0.627. The molecular formula is C9H8BF5O4S. The van der Waals surface area contributed by atoms with Gasteiger partial charge in [-0.15, -0.1) is 0 Å². The van der Waals surface area contributed by atoms with Crippen LogP contribution in [0.2, 0.25) is 0 Å². The van der Waals surface area contributed by atoms with Gasteiger partial charge in [-0.1, -0.05) is 17.6 Å². The maximum absolute atomic E-state index is 13.2. The highest BCUT2D eigenvalue weighted by atomic mass is 32.2. The van der Waals surface area contributed by atoms with Gasteiger partial charge in [0.1, 0.15) is 13.6 Å². The van der Waals surface area contributed by atoms with Crippen LogP contribution in [0.1, 0.15) is 0 Å². The second-order valence-electron chi connectivity index (χ2n) is 3.89. The molecular weight excluding hydrogens is 310 g/mol. The average Bonchev–Trinajstić information content (AvgIpc) is 2.24. The number of halogens is 5. The van der Waals surface area contributed by atoms with Crippen LogP contribution >= 0.6 is 0 Å². The first-order chi connectivity index (χ1) is 8.85. The molecule has 0 aliphatic heterocycles. The first-order valence-corrected chi connectivity index (χ1v) is 6.44. The van der Waals surface area contributed by atoms with E-state index in [-0.39, 0.29) is 0 Å². The molecule has 4 nitrogen and oxygen atoms in total. The van der Waals surface area contributed by atoms with Crippen molar-refractivity contribution in [3.8, 4) is 5.75 Å². The molecule has 20 heavy (non-hydrogen) atoms. The molecule has 0 saturated heterocycles. The van der Waals surface area contributed by atoms with Crippen LogP contribution in [0.25, 0.3) is 0 Å². The summed E-state index contributed by atoms with van der Waals surface area (Å²) in [6.07, 6.45) is -9.72. The van der Waals surface area contributed by atoms with Gasteiger partial charge in [-0.2, -0.15) is 30.4 Å². The first kappa shape index (κ1) is 16.7. The number of rotatable bonds is 4. The summed E-state index contributed by atoms with van der Waals surface area (Å²) < 4.78 is 97.0. The van der Waals surface area contributed by atoms with Gasteiger partial charge >= 0.3 is 21.5 Å². The Kier molecular flexibility index (Phi) is 4.35. The predicted octanol–water partition coefficient (Wildman–Crippen LogP) is 0.735. The van der Waals surface area contributed by atoms with E-state index in [1.165, 1.54) is 12.1 Å². The minimum Gasteiger partial charge on any atom is -0.473 e. The van der Waals surface area contributed by atoms with Crippen molar-refractivity contribution in [1.82, 2.24) is 0 Å². The second kappa shape index (κ2) is 5.21. The van der Waals surface area contributed by atoms with Gasteiger partial charge in [-0.3, -0.25) is 4.55 Å². The number of alkyl halides is 5. The van der Waals surface area contributed by atoms with Crippen molar-refractivity contribution >= 4 is 23.4 Å². The highest BCUT2D eigenvalue weighted by Gasteiger charge is 2.65. The SMILES string of the molecule is Bc1ccc(OC(C(F)(F)F)C(F)(F)S(=O)(=O)O)cc1. The smallest absolute Gasteiger partial charge is 0.432 e. The summed E-state index contributed by atoms with van der Waals surface area (Å²) >= 11 is 0. The molecule has 0 fully saturated rings. The molecule has 0 spiro atoms. The van der Waals surface area contributed by atoms with Gasteiger partial charge in [-0.25, -0.2) is 0 Å². The van der Waals surface area contributed by atoms with Crippen LogP contribution in [0.5, 0.6) is 5.75 Å². The summed E-state index contributed by atoms with van der Waals surface area (Å²) in [6.45, 7) is 0. The highest BCUT2D eigenvalue weighted by molar-refractivity contribution is 7.86. The van der Waals surface area contributed by atoms with Crippen LogP contribution in [-0.2, 0) is 10.1 Å². The molecule has 0 heterocycles. The van der Waals surface area contributed by atoms with Crippen LogP contribution in [0.3, 0.4) is 0 Å². The van der Waals surface area contributed by atoms with E-state index in [2.05, 4.69) is 4.74 Å².